The maximum atomic E-state index is 6.07. The van der Waals surface area contributed by atoms with Crippen LogP contribution in [0.5, 0.6) is 5.75 Å². The van der Waals surface area contributed by atoms with E-state index in [1.165, 1.54) is 11.9 Å². The van der Waals surface area contributed by atoms with Crippen LogP contribution in [0, 0.1) is 6.92 Å². The second kappa shape index (κ2) is 7.84. The highest BCUT2D eigenvalue weighted by Crippen LogP contribution is 2.27. The molecule has 0 atom stereocenters. The fourth-order valence-electron chi connectivity index (χ4n) is 1.87. The number of hydrogen-bond donors (Lipinski definition) is 0. The molecule has 23 heavy (non-hydrogen) atoms. The van der Waals surface area contributed by atoms with E-state index < -0.39 is 0 Å². The summed E-state index contributed by atoms with van der Waals surface area (Å²) in [4.78, 5) is 4.29. The van der Waals surface area contributed by atoms with Crippen molar-refractivity contribution in [1.29, 1.82) is 0 Å². The van der Waals surface area contributed by atoms with Gasteiger partial charge in [0.05, 0.1) is 11.3 Å². The molecule has 1 heterocycles. The van der Waals surface area contributed by atoms with Gasteiger partial charge in [-0.2, -0.15) is 0 Å². The van der Waals surface area contributed by atoms with Crippen molar-refractivity contribution in [3.63, 3.8) is 0 Å². The van der Waals surface area contributed by atoms with E-state index in [1.54, 1.807) is 12.3 Å². The van der Waals surface area contributed by atoms with Crippen LogP contribution in [-0.2, 0) is 6.61 Å². The Morgan fingerprint density at radius 1 is 1.26 bits per heavy atom. The van der Waals surface area contributed by atoms with Crippen LogP contribution in [0.4, 0.5) is 0 Å². The summed E-state index contributed by atoms with van der Waals surface area (Å²) in [7, 11) is 0. The molecule has 1 aromatic heterocycles. The van der Waals surface area contributed by atoms with Crippen molar-refractivity contribution in [2.75, 3.05) is 0 Å². The standard InChI is InChI=1S/C18H21ClN2OS/c1-13-15(11-20-23-18(2,3)4)16(10-17(19)21-13)22-12-14-8-6-5-7-9-14/h5-11H,12H2,1-4H3/b20-11+. The number of aryl methyl sites for hydroxylation is 1. The molecule has 0 bridgehead atoms. The minimum absolute atomic E-state index is 0.0648. The largest absolute Gasteiger partial charge is 0.488 e. The molecular formula is C18H21ClN2OS. The Labute approximate surface area is 147 Å². The van der Waals surface area contributed by atoms with Gasteiger partial charge in [-0.05, 0) is 45.2 Å². The number of benzene rings is 1. The zero-order valence-corrected chi connectivity index (χ0v) is 15.4. The van der Waals surface area contributed by atoms with Gasteiger partial charge in [-0.25, -0.2) is 9.38 Å². The molecule has 0 saturated carbocycles. The summed E-state index contributed by atoms with van der Waals surface area (Å²) in [5.41, 5.74) is 2.77. The zero-order valence-electron chi connectivity index (χ0n) is 13.8. The molecule has 0 fully saturated rings. The van der Waals surface area contributed by atoms with Crippen LogP contribution in [0.2, 0.25) is 5.15 Å². The van der Waals surface area contributed by atoms with E-state index in [1.807, 2.05) is 37.3 Å². The molecule has 2 aromatic rings. The molecule has 0 N–H and O–H groups in total. The van der Waals surface area contributed by atoms with Crippen LogP contribution < -0.4 is 4.74 Å². The van der Waals surface area contributed by atoms with E-state index in [4.69, 9.17) is 16.3 Å². The van der Waals surface area contributed by atoms with E-state index in [0.717, 1.165) is 16.8 Å². The molecule has 2 rings (SSSR count). The lowest BCUT2D eigenvalue weighted by Gasteiger charge is -2.14. The highest BCUT2D eigenvalue weighted by Gasteiger charge is 2.12. The molecule has 0 aliphatic rings. The third-order valence-electron chi connectivity index (χ3n) is 2.93. The van der Waals surface area contributed by atoms with E-state index >= 15 is 0 Å². The molecule has 0 aliphatic heterocycles. The summed E-state index contributed by atoms with van der Waals surface area (Å²) in [5, 5.41) is 0.422. The van der Waals surface area contributed by atoms with Gasteiger partial charge >= 0.3 is 0 Å². The summed E-state index contributed by atoms with van der Waals surface area (Å²) in [6.07, 6.45) is 1.80. The smallest absolute Gasteiger partial charge is 0.133 e. The molecule has 0 aliphatic carbocycles. The van der Waals surface area contributed by atoms with Gasteiger partial charge in [0.2, 0.25) is 0 Å². The van der Waals surface area contributed by atoms with Crippen LogP contribution in [0.3, 0.4) is 0 Å². The third kappa shape index (κ3) is 5.88. The van der Waals surface area contributed by atoms with Crippen molar-refractivity contribution in [3.05, 3.63) is 58.4 Å². The van der Waals surface area contributed by atoms with Crippen molar-refractivity contribution in [1.82, 2.24) is 4.98 Å². The number of rotatable bonds is 5. The molecule has 122 valence electrons. The summed E-state index contributed by atoms with van der Waals surface area (Å²) in [6.45, 7) is 8.75. The van der Waals surface area contributed by atoms with Crippen LogP contribution >= 0.6 is 23.5 Å². The van der Waals surface area contributed by atoms with Crippen molar-refractivity contribution in [2.24, 2.45) is 4.40 Å². The minimum atomic E-state index is 0.0648. The fourth-order valence-corrected chi connectivity index (χ4v) is 2.57. The minimum Gasteiger partial charge on any atom is -0.488 e. The van der Waals surface area contributed by atoms with Crippen molar-refractivity contribution in [3.8, 4) is 5.75 Å². The summed E-state index contributed by atoms with van der Waals surface area (Å²) in [6, 6.07) is 11.8. The Balaban J connectivity index is 2.20. The van der Waals surface area contributed by atoms with E-state index in [0.29, 0.717) is 17.5 Å². The molecule has 0 radical (unpaired) electrons. The second-order valence-electron chi connectivity index (χ2n) is 6.15. The van der Waals surface area contributed by atoms with Crippen molar-refractivity contribution >= 4 is 29.8 Å². The van der Waals surface area contributed by atoms with E-state index in [9.17, 15) is 0 Å². The van der Waals surface area contributed by atoms with Crippen molar-refractivity contribution < 1.29 is 4.74 Å². The molecule has 3 nitrogen and oxygen atoms in total. The van der Waals surface area contributed by atoms with Crippen LogP contribution in [0.25, 0.3) is 0 Å². The average Bonchev–Trinajstić information content (AvgIpc) is 2.47. The number of pyridine rings is 1. The second-order valence-corrected chi connectivity index (χ2v) is 8.16. The predicted octanol–water partition coefficient (Wildman–Crippen LogP) is 5.49. The SMILES string of the molecule is Cc1nc(Cl)cc(OCc2ccccc2)c1/C=N/SC(C)(C)C. The first-order valence-corrected chi connectivity index (χ1v) is 8.56. The molecule has 0 spiro atoms. The Morgan fingerprint density at radius 3 is 2.61 bits per heavy atom. The number of nitrogens with zero attached hydrogens (tertiary/aromatic N) is 2. The Hall–Kier alpha value is -1.52. The highest BCUT2D eigenvalue weighted by molar-refractivity contribution is 7.99. The zero-order chi connectivity index (χ0) is 16.9. The lowest BCUT2D eigenvalue weighted by Crippen LogP contribution is -2.05. The van der Waals surface area contributed by atoms with Crippen LogP contribution in [-0.4, -0.2) is 15.9 Å². The topological polar surface area (TPSA) is 34.5 Å². The third-order valence-corrected chi connectivity index (χ3v) is 3.88. The molecule has 0 unspecified atom stereocenters. The number of halogens is 1. The van der Waals surface area contributed by atoms with Gasteiger partial charge < -0.3 is 4.74 Å². The maximum absolute atomic E-state index is 6.07. The quantitative estimate of drug-likeness (QED) is 0.407. The first-order valence-electron chi connectivity index (χ1n) is 7.40. The maximum Gasteiger partial charge on any atom is 0.133 e. The normalized spacial score (nSPS) is 11.9. The van der Waals surface area contributed by atoms with Crippen LogP contribution in [0.15, 0.2) is 40.8 Å². The lowest BCUT2D eigenvalue weighted by atomic mass is 10.2. The summed E-state index contributed by atoms with van der Waals surface area (Å²) < 4.78 is 10.5. The van der Waals surface area contributed by atoms with Gasteiger partial charge in [0, 0.05) is 17.0 Å². The molecule has 0 amide bonds. The lowest BCUT2D eigenvalue weighted by molar-refractivity contribution is 0.305. The van der Waals surface area contributed by atoms with Gasteiger partial charge in [-0.1, -0.05) is 41.9 Å². The molecular weight excluding hydrogens is 328 g/mol. The summed E-state index contributed by atoms with van der Waals surface area (Å²) >= 11 is 7.59. The average molecular weight is 349 g/mol. The number of hydrogen-bond acceptors (Lipinski definition) is 4. The molecule has 1 aromatic carbocycles. The predicted molar refractivity (Wildman–Crippen MR) is 99.7 cm³/mol. The van der Waals surface area contributed by atoms with Crippen molar-refractivity contribution in [2.45, 2.75) is 39.0 Å². The summed E-state index contributed by atoms with van der Waals surface area (Å²) in [5.74, 6) is 0.699. The Kier molecular flexibility index (Phi) is 6.08. The van der Waals surface area contributed by atoms with Gasteiger partial charge in [0.25, 0.3) is 0 Å². The first kappa shape index (κ1) is 17.8. The molecule has 5 heteroatoms. The Bertz CT molecular complexity index is 681. The van der Waals surface area contributed by atoms with Gasteiger partial charge in [0.1, 0.15) is 17.5 Å². The van der Waals surface area contributed by atoms with Gasteiger partial charge in [-0.15, -0.1) is 0 Å². The van der Waals surface area contributed by atoms with Gasteiger partial charge in [0.15, 0.2) is 0 Å². The molecule has 0 saturated heterocycles. The van der Waals surface area contributed by atoms with Crippen LogP contribution in [0.1, 0.15) is 37.6 Å². The number of ether oxygens (including phenoxy) is 1. The van der Waals surface area contributed by atoms with Gasteiger partial charge in [-0.3, -0.25) is 0 Å². The van der Waals surface area contributed by atoms with E-state index in [2.05, 4.69) is 30.2 Å². The van der Waals surface area contributed by atoms with E-state index in [-0.39, 0.29) is 4.75 Å². The number of aromatic nitrogens is 1. The first-order chi connectivity index (χ1) is 10.8. The monoisotopic (exact) mass is 348 g/mol. The highest BCUT2D eigenvalue weighted by atomic mass is 35.5. The fraction of sp³-hybridized carbons (Fsp3) is 0.333. The Morgan fingerprint density at radius 2 is 1.96 bits per heavy atom.